The van der Waals surface area contributed by atoms with E-state index in [0.717, 1.165) is 18.4 Å². The van der Waals surface area contributed by atoms with Crippen LogP contribution in [0.2, 0.25) is 5.02 Å². The number of nitrogens with zero attached hydrogens (tertiary/aromatic N) is 1. The number of carbonyl (C=O) groups is 1. The highest BCUT2D eigenvalue weighted by Crippen LogP contribution is 2.29. The second kappa shape index (κ2) is 5.93. The van der Waals surface area contributed by atoms with Crippen LogP contribution in [-0.2, 0) is 11.3 Å². The summed E-state index contributed by atoms with van der Waals surface area (Å²) in [6, 6.07) is 7.60. The first-order valence-corrected chi connectivity index (χ1v) is 7.17. The van der Waals surface area contributed by atoms with Gasteiger partial charge in [-0.05, 0) is 36.5 Å². The van der Waals surface area contributed by atoms with Crippen LogP contribution < -0.4 is 5.73 Å². The van der Waals surface area contributed by atoms with Crippen molar-refractivity contribution in [1.82, 2.24) is 4.90 Å². The summed E-state index contributed by atoms with van der Waals surface area (Å²) in [4.78, 5) is 14.3. The molecule has 19 heavy (non-hydrogen) atoms. The third-order valence-corrected chi connectivity index (χ3v) is 3.79. The highest BCUT2D eigenvalue weighted by molar-refractivity contribution is 6.30. The number of hydrogen-bond acceptors (Lipinski definition) is 2. The molecule has 0 heterocycles. The van der Waals surface area contributed by atoms with E-state index in [1.54, 1.807) is 0 Å². The lowest BCUT2D eigenvalue weighted by molar-refractivity contribution is -0.134. The summed E-state index contributed by atoms with van der Waals surface area (Å²) < 4.78 is 0. The largest absolute Gasteiger partial charge is 0.334 e. The van der Waals surface area contributed by atoms with Gasteiger partial charge in [0.05, 0.1) is 6.04 Å². The highest BCUT2D eigenvalue weighted by atomic mass is 35.5. The maximum Gasteiger partial charge on any atom is 0.240 e. The number of hydrogen-bond donors (Lipinski definition) is 1. The summed E-state index contributed by atoms with van der Waals surface area (Å²) in [6.07, 6.45) is 2.17. The van der Waals surface area contributed by atoms with Gasteiger partial charge in [0.15, 0.2) is 0 Å². The van der Waals surface area contributed by atoms with Crippen molar-refractivity contribution in [2.24, 2.45) is 11.7 Å². The molecule has 0 radical (unpaired) electrons. The van der Waals surface area contributed by atoms with Gasteiger partial charge >= 0.3 is 0 Å². The molecule has 1 aliphatic rings. The molecule has 4 heteroatoms. The molecule has 2 rings (SSSR count). The molecule has 0 aromatic heterocycles. The van der Waals surface area contributed by atoms with E-state index in [0.29, 0.717) is 17.6 Å². The van der Waals surface area contributed by atoms with Crippen LogP contribution in [0.1, 0.15) is 32.3 Å². The summed E-state index contributed by atoms with van der Waals surface area (Å²) in [5, 5.41) is 0.715. The monoisotopic (exact) mass is 280 g/mol. The van der Waals surface area contributed by atoms with Gasteiger partial charge in [-0.25, -0.2) is 0 Å². The van der Waals surface area contributed by atoms with Crippen molar-refractivity contribution < 1.29 is 4.79 Å². The molecule has 1 saturated carbocycles. The molecule has 3 nitrogen and oxygen atoms in total. The average molecular weight is 281 g/mol. The van der Waals surface area contributed by atoms with Crippen molar-refractivity contribution in [3.63, 3.8) is 0 Å². The van der Waals surface area contributed by atoms with Crippen LogP contribution in [0.4, 0.5) is 0 Å². The molecule has 104 valence electrons. The number of nitrogens with two attached hydrogens (primary N) is 1. The summed E-state index contributed by atoms with van der Waals surface area (Å²) in [5.41, 5.74) is 7.09. The van der Waals surface area contributed by atoms with Crippen LogP contribution in [0.5, 0.6) is 0 Å². The topological polar surface area (TPSA) is 46.3 Å². The molecule has 1 amide bonds. The van der Waals surface area contributed by atoms with Gasteiger partial charge in [-0.15, -0.1) is 0 Å². The van der Waals surface area contributed by atoms with Crippen molar-refractivity contribution in [3.8, 4) is 0 Å². The smallest absolute Gasteiger partial charge is 0.240 e. The molecule has 1 fully saturated rings. The Kier molecular flexibility index (Phi) is 4.48. The van der Waals surface area contributed by atoms with Crippen LogP contribution in [0.25, 0.3) is 0 Å². The molecule has 1 aromatic rings. The first kappa shape index (κ1) is 14.4. The Balaban J connectivity index is 2.08. The first-order chi connectivity index (χ1) is 8.99. The summed E-state index contributed by atoms with van der Waals surface area (Å²) >= 11 is 5.88. The Hall–Kier alpha value is -1.06. The van der Waals surface area contributed by atoms with Crippen molar-refractivity contribution >= 4 is 17.5 Å². The second-order valence-corrected chi connectivity index (χ2v) is 6.03. The molecule has 0 saturated heterocycles. The van der Waals surface area contributed by atoms with Gasteiger partial charge in [0.25, 0.3) is 0 Å². The minimum Gasteiger partial charge on any atom is -0.334 e. The molecule has 0 bridgehead atoms. The van der Waals surface area contributed by atoms with Gasteiger partial charge in [-0.1, -0.05) is 37.6 Å². The standard InChI is InChI=1S/C15H21ClN2O/c1-10(2)14(17)15(19)18(13-7-8-13)9-11-3-5-12(16)6-4-11/h3-6,10,13-14H,7-9,17H2,1-2H3/t14-/m1/s1. The normalized spacial score (nSPS) is 16.5. The van der Waals surface area contributed by atoms with E-state index < -0.39 is 6.04 Å². The van der Waals surface area contributed by atoms with Crippen LogP contribution >= 0.6 is 11.6 Å². The summed E-state index contributed by atoms with van der Waals surface area (Å²) in [7, 11) is 0. The fourth-order valence-electron chi connectivity index (χ4n) is 2.04. The van der Waals surface area contributed by atoms with E-state index in [4.69, 9.17) is 17.3 Å². The summed E-state index contributed by atoms with van der Waals surface area (Å²) in [6.45, 7) is 4.59. The zero-order valence-electron chi connectivity index (χ0n) is 11.5. The number of amides is 1. The molecular weight excluding hydrogens is 260 g/mol. The van der Waals surface area contributed by atoms with Crippen LogP contribution in [0.15, 0.2) is 24.3 Å². The fourth-order valence-corrected chi connectivity index (χ4v) is 2.16. The van der Waals surface area contributed by atoms with Crippen molar-refractivity contribution in [1.29, 1.82) is 0 Å². The third kappa shape index (κ3) is 3.71. The number of benzene rings is 1. The van der Waals surface area contributed by atoms with E-state index >= 15 is 0 Å². The van der Waals surface area contributed by atoms with Gasteiger partial charge in [0.2, 0.25) is 5.91 Å². The van der Waals surface area contributed by atoms with Crippen molar-refractivity contribution in [2.45, 2.75) is 45.3 Å². The van der Waals surface area contributed by atoms with Crippen LogP contribution in [-0.4, -0.2) is 22.9 Å². The number of carbonyl (C=O) groups excluding carboxylic acids is 1. The SMILES string of the molecule is CC(C)[C@@H](N)C(=O)N(Cc1ccc(Cl)cc1)C1CC1. The van der Waals surface area contributed by atoms with Gasteiger partial charge in [0.1, 0.15) is 0 Å². The molecule has 2 N–H and O–H groups in total. The van der Waals surface area contributed by atoms with E-state index in [2.05, 4.69) is 0 Å². The lowest BCUT2D eigenvalue weighted by Gasteiger charge is -2.27. The Labute approximate surface area is 119 Å². The summed E-state index contributed by atoms with van der Waals surface area (Å²) in [5.74, 6) is 0.228. The van der Waals surface area contributed by atoms with Crippen LogP contribution in [0, 0.1) is 5.92 Å². The van der Waals surface area contributed by atoms with Crippen molar-refractivity contribution in [3.05, 3.63) is 34.9 Å². The lowest BCUT2D eigenvalue weighted by Crippen LogP contribution is -2.47. The van der Waals surface area contributed by atoms with E-state index in [9.17, 15) is 4.79 Å². The fraction of sp³-hybridized carbons (Fsp3) is 0.533. The average Bonchev–Trinajstić information content (AvgIpc) is 3.20. The molecular formula is C15H21ClN2O. The van der Waals surface area contributed by atoms with Gasteiger partial charge in [-0.2, -0.15) is 0 Å². The zero-order valence-corrected chi connectivity index (χ0v) is 12.2. The molecule has 0 spiro atoms. The number of halogens is 1. The third-order valence-electron chi connectivity index (χ3n) is 3.54. The van der Waals surface area contributed by atoms with E-state index in [1.807, 2.05) is 43.0 Å². The quantitative estimate of drug-likeness (QED) is 0.901. The lowest BCUT2D eigenvalue weighted by atomic mass is 10.0. The molecule has 0 unspecified atom stereocenters. The predicted octanol–water partition coefficient (Wildman–Crippen LogP) is 2.81. The Morgan fingerprint density at radius 1 is 1.37 bits per heavy atom. The maximum absolute atomic E-state index is 12.4. The second-order valence-electron chi connectivity index (χ2n) is 5.59. The predicted molar refractivity (Wildman–Crippen MR) is 77.8 cm³/mol. The van der Waals surface area contributed by atoms with Gasteiger partial charge in [-0.3, -0.25) is 4.79 Å². The zero-order chi connectivity index (χ0) is 14.0. The molecule has 1 aromatic carbocycles. The van der Waals surface area contributed by atoms with Gasteiger partial charge < -0.3 is 10.6 Å². The van der Waals surface area contributed by atoms with Crippen LogP contribution in [0.3, 0.4) is 0 Å². The maximum atomic E-state index is 12.4. The number of rotatable bonds is 5. The minimum absolute atomic E-state index is 0.0625. The highest BCUT2D eigenvalue weighted by Gasteiger charge is 2.35. The Morgan fingerprint density at radius 3 is 2.42 bits per heavy atom. The van der Waals surface area contributed by atoms with E-state index in [1.165, 1.54) is 0 Å². The molecule has 0 aliphatic heterocycles. The van der Waals surface area contributed by atoms with Crippen molar-refractivity contribution in [2.75, 3.05) is 0 Å². The Bertz CT molecular complexity index is 440. The van der Waals surface area contributed by atoms with Gasteiger partial charge in [0, 0.05) is 17.6 Å². The van der Waals surface area contributed by atoms with E-state index in [-0.39, 0.29) is 11.8 Å². The minimum atomic E-state index is -0.409. The first-order valence-electron chi connectivity index (χ1n) is 6.79. The molecule has 1 aliphatic carbocycles. The Morgan fingerprint density at radius 2 is 1.95 bits per heavy atom. The molecule has 1 atom stereocenters.